The SMILES string of the molecule is CCCC1(C)NC(=O)CCC1N(C)C. The number of carbonyl (C=O) groups is 1. The molecular formula is C11H22N2O. The molecule has 1 rings (SSSR count). The second-order valence-electron chi connectivity index (χ2n) is 4.73. The van der Waals surface area contributed by atoms with Crippen molar-refractivity contribution in [1.82, 2.24) is 10.2 Å². The Morgan fingerprint density at radius 2 is 2.21 bits per heavy atom. The molecule has 1 N–H and O–H groups in total. The molecule has 1 amide bonds. The zero-order valence-corrected chi connectivity index (χ0v) is 9.76. The summed E-state index contributed by atoms with van der Waals surface area (Å²) >= 11 is 0. The molecule has 82 valence electrons. The van der Waals surface area contributed by atoms with Gasteiger partial charge in [-0.15, -0.1) is 0 Å². The van der Waals surface area contributed by atoms with E-state index in [9.17, 15) is 4.79 Å². The van der Waals surface area contributed by atoms with Gasteiger partial charge in [0.2, 0.25) is 5.91 Å². The van der Waals surface area contributed by atoms with Crippen molar-refractivity contribution in [1.29, 1.82) is 0 Å². The Balaban J connectivity index is 2.77. The fourth-order valence-electron chi connectivity index (χ4n) is 2.63. The highest BCUT2D eigenvalue weighted by atomic mass is 16.1. The van der Waals surface area contributed by atoms with Gasteiger partial charge in [-0.05, 0) is 33.9 Å². The normalized spacial score (nSPS) is 33.2. The molecule has 0 aromatic rings. The van der Waals surface area contributed by atoms with Crippen molar-refractivity contribution in [3.63, 3.8) is 0 Å². The zero-order chi connectivity index (χ0) is 10.8. The Hall–Kier alpha value is -0.570. The van der Waals surface area contributed by atoms with Crippen LogP contribution >= 0.6 is 0 Å². The van der Waals surface area contributed by atoms with Crippen LogP contribution in [0.5, 0.6) is 0 Å². The highest BCUT2D eigenvalue weighted by Crippen LogP contribution is 2.27. The Bertz CT molecular complexity index is 215. The number of likely N-dealkylation sites (N-methyl/N-ethyl adjacent to an activating group) is 1. The number of piperidine rings is 1. The topological polar surface area (TPSA) is 32.3 Å². The van der Waals surface area contributed by atoms with Crippen molar-refractivity contribution in [3.8, 4) is 0 Å². The van der Waals surface area contributed by atoms with Crippen molar-refractivity contribution < 1.29 is 4.79 Å². The lowest BCUT2D eigenvalue weighted by Crippen LogP contribution is -2.62. The highest BCUT2D eigenvalue weighted by molar-refractivity contribution is 5.78. The second-order valence-corrected chi connectivity index (χ2v) is 4.73. The molecule has 1 heterocycles. The molecule has 1 aliphatic rings. The molecule has 2 unspecified atom stereocenters. The Morgan fingerprint density at radius 3 is 2.71 bits per heavy atom. The van der Waals surface area contributed by atoms with Crippen LogP contribution in [0.2, 0.25) is 0 Å². The summed E-state index contributed by atoms with van der Waals surface area (Å²) in [5, 5.41) is 3.14. The molecule has 0 radical (unpaired) electrons. The van der Waals surface area contributed by atoms with Crippen molar-refractivity contribution >= 4 is 5.91 Å². The first-order valence-corrected chi connectivity index (χ1v) is 5.47. The van der Waals surface area contributed by atoms with Crippen LogP contribution in [0.1, 0.15) is 39.5 Å². The molecule has 0 aliphatic carbocycles. The number of hydrogen-bond donors (Lipinski definition) is 1. The Kier molecular flexibility index (Phi) is 3.53. The smallest absolute Gasteiger partial charge is 0.220 e. The molecule has 0 saturated carbocycles. The minimum Gasteiger partial charge on any atom is -0.349 e. The average Bonchev–Trinajstić information content (AvgIpc) is 2.02. The largest absolute Gasteiger partial charge is 0.349 e. The van der Waals surface area contributed by atoms with Gasteiger partial charge in [-0.1, -0.05) is 13.3 Å². The van der Waals surface area contributed by atoms with E-state index in [1.54, 1.807) is 0 Å². The van der Waals surface area contributed by atoms with E-state index in [0.717, 1.165) is 19.3 Å². The molecule has 0 spiro atoms. The third-order valence-electron chi connectivity index (χ3n) is 3.20. The van der Waals surface area contributed by atoms with Crippen molar-refractivity contribution in [2.75, 3.05) is 14.1 Å². The van der Waals surface area contributed by atoms with E-state index in [1.807, 2.05) is 0 Å². The molecular weight excluding hydrogens is 176 g/mol. The van der Waals surface area contributed by atoms with Crippen LogP contribution in [0.15, 0.2) is 0 Å². The van der Waals surface area contributed by atoms with Crippen LogP contribution in [-0.4, -0.2) is 36.5 Å². The number of rotatable bonds is 3. The van der Waals surface area contributed by atoms with Crippen LogP contribution in [0.4, 0.5) is 0 Å². The molecule has 2 atom stereocenters. The van der Waals surface area contributed by atoms with Crippen LogP contribution in [0, 0.1) is 0 Å². The van der Waals surface area contributed by atoms with Gasteiger partial charge in [-0.2, -0.15) is 0 Å². The summed E-state index contributed by atoms with van der Waals surface area (Å²) in [7, 11) is 4.19. The lowest BCUT2D eigenvalue weighted by Gasteiger charge is -2.45. The van der Waals surface area contributed by atoms with Gasteiger partial charge in [0.1, 0.15) is 0 Å². The first kappa shape index (κ1) is 11.5. The molecule has 0 aromatic carbocycles. The van der Waals surface area contributed by atoms with E-state index in [0.29, 0.717) is 12.5 Å². The second kappa shape index (κ2) is 4.30. The Morgan fingerprint density at radius 1 is 1.57 bits per heavy atom. The maximum Gasteiger partial charge on any atom is 0.220 e. The minimum atomic E-state index is -0.0341. The molecule has 1 aliphatic heterocycles. The summed E-state index contributed by atoms with van der Waals surface area (Å²) in [5.74, 6) is 0.207. The first-order valence-electron chi connectivity index (χ1n) is 5.47. The monoisotopic (exact) mass is 198 g/mol. The molecule has 1 fully saturated rings. The minimum absolute atomic E-state index is 0.0341. The molecule has 3 heteroatoms. The van der Waals surface area contributed by atoms with Crippen molar-refractivity contribution in [2.24, 2.45) is 0 Å². The zero-order valence-electron chi connectivity index (χ0n) is 9.76. The Labute approximate surface area is 86.9 Å². The van der Waals surface area contributed by atoms with Crippen molar-refractivity contribution in [3.05, 3.63) is 0 Å². The quantitative estimate of drug-likeness (QED) is 0.743. The maximum atomic E-state index is 11.4. The van der Waals surface area contributed by atoms with Gasteiger partial charge < -0.3 is 10.2 Å². The predicted octanol–water partition coefficient (Wildman–Crippen LogP) is 1.39. The van der Waals surface area contributed by atoms with E-state index in [4.69, 9.17) is 0 Å². The fourth-order valence-corrected chi connectivity index (χ4v) is 2.63. The van der Waals surface area contributed by atoms with Crippen LogP contribution < -0.4 is 5.32 Å². The molecule has 14 heavy (non-hydrogen) atoms. The van der Waals surface area contributed by atoms with E-state index in [1.165, 1.54) is 0 Å². The molecule has 0 aromatic heterocycles. The third kappa shape index (κ3) is 2.27. The average molecular weight is 198 g/mol. The summed E-state index contributed by atoms with van der Waals surface area (Å²) in [6.07, 6.45) is 3.82. The first-order chi connectivity index (χ1) is 6.49. The summed E-state index contributed by atoms with van der Waals surface area (Å²) in [6, 6.07) is 0.472. The number of hydrogen-bond acceptors (Lipinski definition) is 2. The standard InChI is InChI=1S/C11H22N2O/c1-5-8-11(2)9(13(3)4)6-7-10(14)12-11/h9H,5-8H2,1-4H3,(H,12,14). The maximum absolute atomic E-state index is 11.4. The van der Waals surface area contributed by atoms with Crippen molar-refractivity contribution in [2.45, 2.75) is 51.1 Å². The molecule has 3 nitrogen and oxygen atoms in total. The van der Waals surface area contributed by atoms with E-state index >= 15 is 0 Å². The van der Waals surface area contributed by atoms with Gasteiger partial charge in [0, 0.05) is 12.5 Å². The van der Waals surface area contributed by atoms with Gasteiger partial charge in [0.25, 0.3) is 0 Å². The molecule has 1 saturated heterocycles. The summed E-state index contributed by atoms with van der Waals surface area (Å²) < 4.78 is 0. The van der Waals surface area contributed by atoms with E-state index in [2.05, 4.69) is 38.2 Å². The summed E-state index contributed by atoms with van der Waals surface area (Å²) in [5.41, 5.74) is -0.0341. The number of nitrogens with one attached hydrogen (secondary N) is 1. The van der Waals surface area contributed by atoms with Crippen LogP contribution in [-0.2, 0) is 4.79 Å². The van der Waals surface area contributed by atoms with Gasteiger partial charge in [-0.3, -0.25) is 4.79 Å². The lowest BCUT2D eigenvalue weighted by molar-refractivity contribution is -0.127. The van der Waals surface area contributed by atoms with Crippen LogP contribution in [0.3, 0.4) is 0 Å². The van der Waals surface area contributed by atoms with E-state index < -0.39 is 0 Å². The fraction of sp³-hybridized carbons (Fsp3) is 0.909. The van der Waals surface area contributed by atoms with Gasteiger partial charge in [-0.25, -0.2) is 0 Å². The van der Waals surface area contributed by atoms with E-state index in [-0.39, 0.29) is 11.4 Å². The predicted molar refractivity (Wildman–Crippen MR) is 58.2 cm³/mol. The summed E-state index contributed by atoms with van der Waals surface area (Å²) in [6.45, 7) is 4.33. The van der Waals surface area contributed by atoms with Gasteiger partial charge in [0.05, 0.1) is 5.54 Å². The molecule has 0 bridgehead atoms. The number of amides is 1. The number of carbonyl (C=O) groups excluding carboxylic acids is 1. The van der Waals surface area contributed by atoms with Gasteiger partial charge >= 0.3 is 0 Å². The number of nitrogens with zero attached hydrogens (tertiary/aromatic N) is 1. The van der Waals surface area contributed by atoms with Crippen LogP contribution in [0.25, 0.3) is 0 Å². The van der Waals surface area contributed by atoms with Gasteiger partial charge in [0.15, 0.2) is 0 Å². The third-order valence-corrected chi connectivity index (χ3v) is 3.20. The summed E-state index contributed by atoms with van der Waals surface area (Å²) in [4.78, 5) is 13.6. The lowest BCUT2D eigenvalue weighted by atomic mass is 9.81. The highest BCUT2D eigenvalue weighted by Gasteiger charge is 2.39.